The van der Waals surface area contributed by atoms with E-state index >= 15 is 0 Å². The Labute approximate surface area is 67.7 Å². The molecule has 4 heteroatoms. The van der Waals surface area contributed by atoms with E-state index in [1.54, 1.807) is 7.11 Å². The molecule has 1 heterocycles. The van der Waals surface area contributed by atoms with Crippen LogP contribution in [0.4, 0.5) is 0 Å². The van der Waals surface area contributed by atoms with Gasteiger partial charge in [0.1, 0.15) is 0 Å². The summed E-state index contributed by atoms with van der Waals surface area (Å²) in [6, 6.07) is 0. The molecule has 2 unspecified atom stereocenters. The summed E-state index contributed by atoms with van der Waals surface area (Å²) < 4.78 is 27.3. The van der Waals surface area contributed by atoms with E-state index in [2.05, 4.69) is 0 Å². The fourth-order valence-electron chi connectivity index (χ4n) is 1.52. The highest BCUT2D eigenvalue weighted by molar-refractivity contribution is 7.91. The quantitative estimate of drug-likeness (QED) is 0.585. The van der Waals surface area contributed by atoms with Crippen molar-refractivity contribution in [1.82, 2.24) is 0 Å². The lowest BCUT2D eigenvalue weighted by Gasteiger charge is -2.26. The molecule has 1 aliphatic heterocycles. The van der Waals surface area contributed by atoms with Crippen molar-refractivity contribution >= 4 is 9.84 Å². The van der Waals surface area contributed by atoms with Crippen molar-refractivity contribution in [2.75, 3.05) is 18.6 Å². The zero-order valence-electron chi connectivity index (χ0n) is 6.91. The minimum Gasteiger partial charge on any atom is -0.381 e. The molecule has 0 aliphatic carbocycles. The van der Waals surface area contributed by atoms with E-state index in [-0.39, 0.29) is 23.5 Å². The van der Waals surface area contributed by atoms with Crippen LogP contribution in [0, 0.1) is 5.92 Å². The van der Waals surface area contributed by atoms with Crippen LogP contribution in [0.5, 0.6) is 0 Å². The molecule has 0 radical (unpaired) electrons. The number of sulfone groups is 1. The van der Waals surface area contributed by atoms with E-state index in [9.17, 15) is 8.42 Å². The normalized spacial score (nSPS) is 36.9. The lowest BCUT2D eigenvalue weighted by Crippen LogP contribution is -2.35. The standard InChI is InChI=1S/C7H14O3S/c1-6-5-11(8,9)4-3-7(6)10-2/h6-7H,3-5H2,1-2H3. The molecular formula is C7H14O3S. The summed E-state index contributed by atoms with van der Waals surface area (Å²) >= 11 is 0. The predicted molar refractivity (Wildman–Crippen MR) is 43.2 cm³/mol. The zero-order chi connectivity index (χ0) is 8.48. The fraction of sp³-hybridized carbons (Fsp3) is 1.00. The second-order valence-electron chi connectivity index (χ2n) is 3.15. The highest BCUT2D eigenvalue weighted by Gasteiger charge is 2.29. The van der Waals surface area contributed by atoms with Crippen LogP contribution in [0.2, 0.25) is 0 Å². The topological polar surface area (TPSA) is 43.4 Å². The highest BCUT2D eigenvalue weighted by Crippen LogP contribution is 2.20. The van der Waals surface area contributed by atoms with E-state index in [0.717, 1.165) is 0 Å². The third-order valence-electron chi connectivity index (χ3n) is 2.17. The van der Waals surface area contributed by atoms with Gasteiger partial charge in [0.2, 0.25) is 0 Å². The van der Waals surface area contributed by atoms with Crippen LogP contribution in [-0.4, -0.2) is 33.1 Å². The van der Waals surface area contributed by atoms with E-state index in [1.165, 1.54) is 0 Å². The fourth-order valence-corrected chi connectivity index (χ4v) is 3.30. The molecule has 1 saturated heterocycles. The Bertz CT molecular complexity index is 220. The Morgan fingerprint density at radius 2 is 2.09 bits per heavy atom. The van der Waals surface area contributed by atoms with Crippen molar-refractivity contribution in [2.24, 2.45) is 5.92 Å². The lowest BCUT2D eigenvalue weighted by molar-refractivity contribution is 0.0600. The molecule has 0 bridgehead atoms. The second kappa shape index (κ2) is 3.11. The van der Waals surface area contributed by atoms with E-state index in [1.807, 2.05) is 6.92 Å². The largest absolute Gasteiger partial charge is 0.381 e. The maximum absolute atomic E-state index is 11.1. The minimum absolute atomic E-state index is 0.138. The first-order chi connectivity index (χ1) is 5.05. The van der Waals surface area contributed by atoms with Crippen LogP contribution < -0.4 is 0 Å². The molecule has 0 amide bonds. The van der Waals surface area contributed by atoms with Crippen molar-refractivity contribution in [3.63, 3.8) is 0 Å². The minimum atomic E-state index is -2.75. The van der Waals surface area contributed by atoms with Gasteiger partial charge >= 0.3 is 0 Å². The summed E-state index contributed by atoms with van der Waals surface area (Å²) in [6.45, 7) is 1.92. The maximum atomic E-state index is 11.1. The number of methoxy groups -OCH3 is 1. The Balaban J connectivity index is 2.62. The molecule has 0 saturated carbocycles. The van der Waals surface area contributed by atoms with E-state index in [4.69, 9.17) is 4.74 Å². The van der Waals surface area contributed by atoms with Gasteiger partial charge in [-0.25, -0.2) is 8.42 Å². The van der Waals surface area contributed by atoms with Gasteiger partial charge in [-0.15, -0.1) is 0 Å². The van der Waals surface area contributed by atoms with Gasteiger partial charge < -0.3 is 4.74 Å². The van der Waals surface area contributed by atoms with Crippen LogP contribution >= 0.6 is 0 Å². The van der Waals surface area contributed by atoms with Crippen molar-refractivity contribution in [3.8, 4) is 0 Å². The summed E-state index contributed by atoms with van der Waals surface area (Å²) in [7, 11) is -1.12. The van der Waals surface area contributed by atoms with Gasteiger partial charge in [0.05, 0.1) is 17.6 Å². The van der Waals surface area contributed by atoms with Gasteiger partial charge in [-0.2, -0.15) is 0 Å². The zero-order valence-corrected chi connectivity index (χ0v) is 7.73. The molecule has 3 nitrogen and oxygen atoms in total. The average molecular weight is 178 g/mol. The molecule has 0 N–H and O–H groups in total. The van der Waals surface area contributed by atoms with Crippen LogP contribution in [0.1, 0.15) is 13.3 Å². The smallest absolute Gasteiger partial charge is 0.150 e. The van der Waals surface area contributed by atoms with Crippen molar-refractivity contribution < 1.29 is 13.2 Å². The number of ether oxygens (including phenoxy) is 1. The lowest BCUT2D eigenvalue weighted by atomic mass is 10.0. The van der Waals surface area contributed by atoms with Crippen LogP contribution in [-0.2, 0) is 14.6 Å². The Morgan fingerprint density at radius 3 is 2.55 bits per heavy atom. The Kier molecular flexibility index (Phi) is 2.54. The Hall–Kier alpha value is -0.0900. The summed E-state index contributed by atoms with van der Waals surface area (Å²) in [5.41, 5.74) is 0. The van der Waals surface area contributed by atoms with Gasteiger partial charge in [0.25, 0.3) is 0 Å². The van der Waals surface area contributed by atoms with E-state index < -0.39 is 9.84 Å². The third kappa shape index (κ3) is 2.17. The molecule has 0 spiro atoms. The van der Waals surface area contributed by atoms with E-state index in [0.29, 0.717) is 6.42 Å². The van der Waals surface area contributed by atoms with Gasteiger partial charge in [0.15, 0.2) is 9.84 Å². The molecule has 2 atom stereocenters. The Morgan fingerprint density at radius 1 is 1.45 bits per heavy atom. The number of rotatable bonds is 1. The molecule has 1 aliphatic rings. The second-order valence-corrected chi connectivity index (χ2v) is 5.38. The van der Waals surface area contributed by atoms with Crippen LogP contribution in [0.25, 0.3) is 0 Å². The molecule has 1 rings (SSSR count). The first-order valence-electron chi connectivity index (χ1n) is 3.78. The van der Waals surface area contributed by atoms with Crippen molar-refractivity contribution in [1.29, 1.82) is 0 Å². The summed E-state index contributed by atoms with van der Waals surface area (Å²) in [6.07, 6.45) is 0.790. The average Bonchev–Trinajstić information content (AvgIpc) is 1.86. The summed E-state index contributed by atoms with van der Waals surface area (Å²) in [5, 5.41) is 0. The van der Waals surface area contributed by atoms with Crippen LogP contribution in [0.3, 0.4) is 0 Å². The molecule has 66 valence electrons. The van der Waals surface area contributed by atoms with Crippen molar-refractivity contribution in [2.45, 2.75) is 19.4 Å². The molecule has 1 fully saturated rings. The SMILES string of the molecule is COC1CCS(=O)(=O)CC1C. The maximum Gasteiger partial charge on any atom is 0.150 e. The predicted octanol–water partition coefficient (Wildman–Crippen LogP) is 0.456. The molecule has 0 aromatic rings. The van der Waals surface area contributed by atoms with Gasteiger partial charge in [-0.05, 0) is 12.3 Å². The molecular weight excluding hydrogens is 164 g/mol. The molecule has 0 aromatic carbocycles. The molecule has 0 aromatic heterocycles. The highest BCUT2D eigenvalue weighted by atomic mass is 32.2. The number of hydrogen-bond acceptors (Lipinski definition) is 3. The monoisotopic (exact) mass is 178 g/mol. The summed E-state index contributed by atoms with van der Waals surface area (Å²) in [5.74, 6) is 0.722. The first-order valence-corrected chi connectivity index (χ1v) is 5.60. The van der Waals surface area contributed by atoms with Crippen molar-refractivity contribution in [3.05, 3.63) is 0 Å². The number of hydrogen-bond donors (Lipinski definition) is 0. The van der Waals surface area contributed by atoms with Gasteiger partial charge in [-0.1, -0.05) is 6.92 Å². The van der Waals surface area contributed by atoms with Gasteiger partial charge in [-0.3, -0.25) is 0 Å². The van der Waals surface area contributed by atoms with Crippen LogP contribution in [0.15, 0.2) is 0 Å². The van der Waals surface area contributed by atoms with Gasteiger partial charge in [0, 0.05) is 7.11 Å². The molecule has 11 heavy (non-hydrogen) atoms. The third-order valence-corrected chi connectivity index (χ3v) is 4.06. The first kappa shape index (κ1) is 9.00. The summed E-state index contributed by atoms with van der Waals surface area (Å²) in [4.78, 5) is 0.